The van der Waals surface area contributed by atoms with E-state index in [0.717, 1.165) is 16.4 Å². The number of fused-ring (bicyclic) bond motifs is 1. The molecule has 2 aromatic heterocycles. The van der Waals surface area contributed by atoms with Gasteiger partial charge < -0.3 is 4.90 Å². The zero-order valence-corrected chi connectivity index (χ0v) is 16.7. The van der Waals surface area contributed by atoms with Crippen molar-refractivity contribution in [1.29, 1.82) is 0 Å². The summed E-state index contributed by atoms with van der Waals surface area (Å²) in [4.78, 5) is 9.53. The van der Waals surface area contributed by atoms with Gasteiger partial charge in [-0.3, -0.25) is 0 Å². The van der Waals surface area contributed by atoms with Gasteiger partial charge >= 0.3 is 6.18 Å². The van der Waals surface area contributed by atoms with Crippen molar-refractivity contribution in [2.45, 2.75) is 24.5 Å². The summed E-state index contributed by atoms with van der Waals surface area (Å²) in [7, 11) is -4.30. The van der Waals surface area contributed by atoms with E-state index in [1.807, 2.05) is 11.8 Å². The van der Waals surface area contributed by atoms with E-state index < -0.39 is 26.7 Å². The first-order chi connectivity index (χ1) is 14.2. The summed E-state index contributed by atoms with van der Waals surface area (Å²) in [6.07, 6.45) is -3.38. The molecule has 0 radical (unpaired) electrons. The maximum absolute atomic E-state index is 13.3. The van der Waals surface area contributed by atoms with E-state index in [0.29, 0.717) is 23.5 Å². The predicted octanol–water partition coefficient (Wildman–Crippen LogP) is 1.77. The van der Waals surface area contributed by atoms with Gasteiger partial charge in [0.05, 0.1) is 10.5 Å². The monoisotopic (exact) mass is 441 g/mol. The van der Waals surface area contributed by atoms with Gasteiger partial charge in [-0.25, -0.2) is 23.1 Å². The number of aromatic nitrogens is 5. The van der Waals surface area contributed by atoms with Gasteiger partial charge in [0.2, 0.25) is 10.0 Å². The molecule has 1 aliphatic heterocycles. The Bertz CT molecular complexity index is 1170. The fourth-order valence-corrected chi connectivity index (χ4v) is 5.06. The molecule has 3 aromatic rings. The molecular weight excluding hydrogens is 423 g/mol. The maximum Gasteiger partial charge on any atom is 0.417 e. The van der Waals surface area contributed by atoms with Crippen LogP contribution in [0.3, 0.4) is 0 Å². The van der Waals surface area contributed by atoms with Crippen molar-refractivity contribution in [1.82, 2.24) is 29.3 Å². The molecule has 13 heteroatoms. The summed E-state index contributed by atoms with van der Waals surface area (Å²) in [6.45, 7) is 3.01. The van der Waals surface area contributed by atoms with E-state index >= 15 is 0 Å². The van der Waals surface area contributed by atoms with Crippen LogP contribution in [0, 0.1) is 0 Å². The fraction of sp³-hybridized carbons (Fsp3) is 0.412. The molecule has 0 unspecified atom stereocenters. The van der Waals surface area contributed by atoms with Crippen LogP contribution >= 0.6 is 0 Å². The lowest BCUT2D eigenvalue weighted by molar-refractivity contribution is -0.139. The van der Waals surface area contributed by atoms with Crippen LogP contribution in [0.25, 0.3) is 11.2 Å². The summed E-state index contributed by atoms with van der Waals surface area (Å²) in [6, 6.07) is 4.22. The summed E-state index contributed by atoms with van der Waals surface area (Å²) in [5.74, 6) is 0.521. The van der Waals surface area contributed by atoms with Crippen molar-refractivity contribution in [2.24, 2.45) is 0 Å². The van der Waals surface area contributed by atoms with Gasteiger partial charge in [0.25, 0.3) is 0 Å². The Hall–Kier alpha value is -2.80. The predicted molar refractivity (Wildman–Crippen MR) is 101 cm³/mol. The molecule has 0 atom stereocenters. The molecule has 3 heterocycles. The van der Waals surface area contributed by atoms with Gasteiger partial charge in [-0.15, -0.1) is 5.10 Å². The zero-order chi connectivity index (χ0) is 21.5. The normalized spacial score (nSPS) is 16.3. The Morgan fingerprint density at radius 2 is 1.77 bits per heavy atom. The molecule has 0 saturated carbocycles. The highest BCUT2D eigenvalue weighted by Crippen LogP contribution is 2.35. The van der Waals surface area contributed by atoms with Gasteiger partial charge in [0, 0.05) is 32.7 Å². The third-order valence-electron chi connectivity index (χ3n) is 4.93. The van der Waals surface area contributed by atoms with Crippen molar-refractivity contribution in [3.63, 3.8) is 0 Å². The number of aryl methyl sites for hydroxylation is 1. The highest BCUT2D eigenvalue weighted by atomic mass is 32.2. The third-order valence-corrected chi connectivity index (χ3v) is 6.89. The lowest BCUT2D eigenvalue weighted by atomic mass is 10.2. The Morgan fingerprint density at radius 3 is 2.43 bits per heavy atom. The molecular formula is C17H18F3N7O2S. The van der Waals surface area contributed by atoms with Gasteiger partial charge in [0.1, 0.15) is 6.33 Å². The fourth-order valence-electron chi connectivity index (χ4n) is 3.43. The molecule has 0 spiro atoms. The van der Waals surface area contributed by atoms with Crippen LogP contribution in [-0.2, 0) is 22.7 Å². The second-order valence-electron chi connectivity index (χ2n) is 6.66. The Balaban J connectivity index is 1.58. The lowest BCUT2D eigenvalue weighted by Crippen LogP contribution is -2.49. The number of hydrogen-bond donors (Lipinski definition) is 0. The second-order valence-corrected chi connectivity index (χ2v) is 8.57. The lowest BCUT2D eigenvalue weighted by Gasteiger charge is -2.34. The Labute approximate surface area is 170 Å². The van der Waals surface area contributed by atoms with Gasteiger partial charge in [-0.1, -0.05) is 17.3 Å². The number of alkyl halides is 3. The van der Waals surface area contributed by atoms with E-state index in [4.69, 9.17) is 0 Å². The quantitative estimate of drug-likeness (QED) is 0.609. The number of nitrogens with zero attached hydrogens (tertiary/aromatic N) is 7. The summed E-state index contributed by atoms with van der Waals surface area (Å²) in [5.41, 5.74) is -0.101. The minimum Gasteiger partial charge on any atom is -0.352 e. The van der Waals surface area contributed by atoms with Crippen LogP contribution in [0.4, 0.5) is 19.0 Å². The summed E-state index contributed by atoms with van der Waals surface area (Å²) in [5, 5.41) is 8.13. The minimum atomic E-state index is -4.76. The number of halogens is 3. The average molecular weight is 441 g/mol. The molecule has 4 rings (SSSR count). The van der Waals surface area contributed by atoms with Crippen molar-refractivity contribution in [3.8, 4) is 0 Å². The highest BCUT2D eigenvalue weighted by molar-refractivity contribution is 7.89. The third kappa shape index (κ3) is 3.47. The summed E-state index contributed by atoms with van der Waals surface area (Å²) >= 11 is 0. The molecule has 1 saturated heterocycles. The molecule has 0 N–H and O–H groups in total. The molecule has 0 bridgehead atoms. The Morgan fingerprint density at radius 1 is 1.07 bits per heavy atom. The minimum absolute atomic E-state index is 0.0158. The van der Waals surface area contributed by atoms with E-state index in [9.17, 15) is 21.6 Å². The van der Waals surface area contributed by atoms with E-state index in [1.54, 1.807) is 4.68 Å². The zero-order valence-electron chi connectivity index (χ0n) is 15.9. The molecule has 0 aliphatic carbocycles. The molecule has 160 valence electrons. The SMILES string of the molecule is CCn1nnc2c(N3CCN(S(=O)(=O)c4ccccc4C(F)(F)F)CC3)ncnc21. The number of hydrogen-bond acceptors (Lipinski definition) is 7. The molecule has 1 fully saturated rings. The van der Waals surface area contributed by atoms with Crippen LogP contribution in [-0.4, -0.2) is 63.9 Å². The second kappa shape index (κ2) is 7.47. The average Bonchev–Trinajstić information content (AvgIpc) is 3.16. The van der Waals surface area contributed by atoms with Crippen LogP contribution in [0.2, 0.25) is 0 Å². The van der Waals surface area contributed by atoms with Gasteiger partial charge in [0.15, 0.2) is 17.0 Å². The van der Waals surface area contributed by atoms with Crippen molar-refractivity contribution >= 4 is 27.0 Å². The molecule has 1 aromatic carbocycles. The number of anilines is 1. The largest absolute Gasteiger partial charge is 0.417 e. The first-order valence-corrected chi connectivity index (χ1v) is 10.6. The molecule has 0 amide bonds. The smallest absolute Gasteiger partial charge is 0.352 e. The van der Waals surface area contributed by atoms with Gasteiger partial charge in [-0.2, -0.15) is 17.5 Å². The van der Waals surface area contributed by atoms with E-state index in [2.05, 4.69) is 20.3 Å². The standard InChI is InChI=1S/C17H18F3N7O2S/c1-2-27-16-14(23-24-27)15(21-11-22-16)25-7-9-26(10-8-25)30(28,29)13-6-4-3-5-12(13)17(18,19)20/h3-6,11H,2,7-10H2,1H3. The van der Waals surface area contributed by atoms with Crippen molar-refractivity contribution in [3.05, 3.63) is 36.2 Å². The first-order valence-electron chi connectivity index (χ1n) is 9.19. The topological polar surface area (TPSA) is 97.1 Å². The maximum atomic E-state index is 13.3. The van der Waals surface area contributed by atoms with Crippen LogP contribution < -0.4 is 4.90 Å². The van der Waals surface area contributed by atoms with Gasteiger partial charge in [-0.05, 0) is 19.1 Å². The van der Waals surface area contributed by atoms with E-state index in [1.165, 1.54) is 18.5 Å². The van der Waals surface area contributed by atoms with Crippen LogP contribution in [0.1, 0.15) is 12.5 Å². The van der Waals surface area contributed by atoms with Crippen molar-refractivity contribution in [2.75, 3.05) is 31.1 Å². The van der Waals surface area contributed by atoms with E-state index in [-0.39, 0.29) is 26.2 Å². The molecule has 1 aliphatic rings. The Kier molecular flexibility index (Phi) is 5.10. The first kappa shape index (κ1) is 20.5. The number of sulfonamides is 1. The molecule has 9 nitrogen and oxygen atoms in total. The molecule has 30 heavy (non-hydrogen) atoms. The summed E-state index contributed by atoms with van der Waals surface area (Å²) < 4.78 is 68.4. The number of rotatable bonds is 4. The number of benzene rings is 1. The number of piperazine rings is 1. The van der Waals surface area contributed by atoms with Crippen molar-refractivity contribution < 1.29 is 21.6 Å². The van der Waals surface area contributed by atoms with Crippen LogP contribution in [0.15, 0.2) is 35.5 Å². The highest BCUT2D eigenvalue weighted by Gasteiger charge is 2.39. The van der Waals surface area contributed by atoms with Crippen LogP contribution in [0.5, 0.6) is 0 Å².